The Bertz CT molecular complexity index is 991. The number of para-hydroxylation sites is 1. The van der Waals surface area contributed by atoms with E-state index in [9.17, 15) is 4.79 Å². The molecule has 1 amide bonds. The first kappa shape index (κ1) is 19.0. The summed E-state index contributed by atoms with van der Waals surface area (Å²) in [5.74, 6) is 0.786. The monoisotopic (exact) mass is 415 g/mol. The molecule has 2 aromatic carbocycles. The normalized spacial score (nSPS) is 16.9. The second-order valence-electron chi connectivity index (χ2n) is 6.81. The van der Waals surface area contributed by atoms with Gasteiger partial charge in [0.25, 0.3) is 0 Å². The molecule has 1 N–H and O–H groups in total. The molecular formula is C21H22ClN3O2S. The number of nitrogens with one attached hydrogen (secondary N) is 1. The van der Waals surface area contributed by atoms with Crippen LogP contribution >= 0.6 is 22.9 Å². The Morgan fingerprint density at radius 2 is 2.21 bits per heavy atom. The first-order valence-corrected chi connectivity index (χ1v) is 10.7. The predicted molar refractivity (Wildman–Crippen MR) is 116 cm³/mol. The van der Waals surface area contributed by atoms with Gasteiger partial charge in [-0.2, -0.15) is 0 Å². The lowest BCUT2D eigenvalue weighted by Gasteiger charge is -2.31. The molecule has 7 heteroatoms. The van der Waals surface area contributed by atoms with Crippen molar-refractivity contribution in [1.82, 2.24) is 4.98 Å². The number of rotatable bonds is 5. The average molecular weight is 416 g/mol. The van der Waals surface area contributed by atoms with Crippen molar-refractivity contribution in [3.8, 4) is 5.75 Å². The lowest BCUT2D eigenvalue weighted by Crippen LogP contribution is -2.40. The van der Waals surface area contributed by atoms with E-state index in [1.165, 1.54) is 0 Å². The summed E-state index contributed by atoms with van der Waals surface area (Å²) in [7, 11) is 0. The summed E-state index contributed by atoms with van der Waals surface area (Å²) in [6.45, 7) is 4.19. The maximum absolute atomic E-state index is 12.8. The zero-order valence-corrected chi connectivity index (χ0v) is 17.2. The summed E-state index contributed by atoms with van der Waals surface area (Å²) in [4.78, 5) is 19.7. The number of thiazole rings is 1. The third-order valence-electron chi connectivity index (χ3n) is 4.85. The molecular weight excluding hydrogens is 394 g/mol. The molecule has 0 aliphatic carbocycles. The Labute approximate surface area is 173 Å². The predicted octanol–water partition coefficient (Wildman–Crippen LogP) is 5.20. The highest BCUT2D eigenvalue weighted by molar-refractivity contribution is 7.22. The molecule has 0 saturated carbocycles. The summed E-state index contributed by atoms with van der Waals surface area (Å²) in [6.07, 6.45) is 1.83. The van der Waals surface area contributed by atoms with E-state index < -0.39 is 0 Å². The van der Waals surface area contributed by atoms with Crippen molar-refractivity contribution in [2.24, 2.45) is 5.92 Å². The van der Waals surface area contributed by atoms with E-state index in [-0.39, 0.29) is 11.8 Å². The summed E-state index contributed by atoms with van der Waals surface area (Å²) in [5.41, 5.74) is 1.63. The Balaban J connectivity index is 1.48. The fourth-order valence-corrected chi connectivity index (χ4v) is 4.66. The molecule has 0 bridgehead atoms. The molecule has 3 aromatic rings. The fourth-order valence-electron chi connectivity index (χ4n) is 3.45. The van der Waals surface area contributed by atoms with Crippen LogP contribution in [0.25, 0.3) is 10.2 Å². The minimum atomic E-state index is -0.0870. The average Bonchev–Trinajstić information content (AvgIpc) is 3.13. The number of amides is 1. The van der Waals surface area contributed by atoms with Gasteiger partial charge in [0, 0.05) is 13.1 Å². The molecule has 146 valence electrons. The molecule has 1 fully saturated rings. The lowest BCUT2D eigenvalue weighted by molar-refractivity contribution is -0.120. The number of halogens is 1. The minimum absolute atomic E-state index is 0.0116. The van der Waals surface area contributed by atoms with Gasteiger partial charge in [-0.3, -0.25) is 4.79 Å². The fraction of sp³-hybridized carbons (Fsp3) is 0.333. The van der Waals surface area contributed by atoms with Crippen molar-refractivity contribution >= 4 is 49.9 Å². The van der Waals surface area contributed by atoms with Gasteiger partial charge in [-0.15, -0.1) is 0 Å². The van der Waals surface area contributed by atoms with Crippen LogP contribution in [0.3, 0.4) is 0 Å². The van der Waals surface area contributed by atoms with Crippen LogP contribution in [0.4, 0.5) is 10.8 Å². The Morgan fingerprint density at radius 3 is 3.04 bits per heavy atom. The van der Waals surface area contributed by atoms with Gasteiger partial charge in [-0.05, 0) is 50.1 Å². The van der Waals surface area contributed by atoms with Crippen molar-refractivity contribution < 1.29 is 9.53 Å². The molecule has 0 radical (unpaired) electrons. The number of fused-ring (bicyclic) bond motifs is 1. The van der Waals surface area contributed by atoms with Crippen LogP contribution in [0.5, 0.6) is 5.75 Å². The van der Waals surface area contributed by atoms with Crippen molar-refractivity contribution in [1.29, 1.82) is 0 Å². The largest absolute Gasteiger partial charge is 0.494 e. The molecule has 1 aromatic heterocycles. The number of carbonyl (C=O) groups excluding carboxylic acids is 1. The standard InChI is InChI=1S/C21H22ClN3O2S/c1-2-27-15-9-10-18-19(12-15)28-21(24-18)25-11-5-6-14(13-25)20(26)23-17-8-4-3-7-16(17)22/h3-4,7-10,12,14H,2,5-6,11,13H2,1H3,(H,23,26). The molecule has 4 rings (SSSR count). The summed E-state index contributed by atoms with van der Waals surface area (Å²) < 4.78 is 6.69. The lowest BCUT2D eigenvalue weighted by atomic mass is 9.97. The number of carbonyl (C=O) groups is 1. The van der Waals surface area contributed by atoms with Gasteiger partial charge in [0.1, 0.15) is 5.75 Å². The highest BCUT2D eigenvalue weighted by Crippen LogP contribution is 2.34. The van der Waals surface area contributed by atoms with E-state index in [4.69, 9.17) is 21.3 Å². The van der Waals surface area contributed by atoms with Gasteiger partial charge in [0.05, 0.1) is 33.5 Å². The van der Waals surface area contributed by atoms with Crippen LogP contribution in [0, 0.1) is 5.92 Å². The molecule has 1 saturated heterocycles. The van der Waals surface area contributed by atoms with Crippen molar-refractivity contribution in [2.75, 3.05) is 29.9 Å². The van der Waals surface area contributed by atoms with Crippen LogP contribution in [-0.2, 0) is 4.79 Å². The topological polar surface area (TPSA) is 54.5 Å². The Hall–Kier alpha value is -2.31. The Kier molecular flexibility index (Phi) is 5.69. The summed E-state index contributed by atoms with van der Waals surface area (Å²) in [6, 6.07) is 13.3. The number of anilines is 2. The molecule has 1 unspecified atom stereocenters. The van der Waals surface area contributed by atoms with Gasteiger partial charge < -0.3 is 15.0 Å². The number of nitrogens with zero attached hydrogens (tertiary/aromatic N) is 2. The molecule has 0 spiro atoms. The van der Waals surface area contributed by atoms with Crippen LogP contribution in [0.15, 0.2) is 42.5 Å². The SMILES string of the molecule is CCOc1ccc2nc(N3CCCC(C(=O)Nc4ccccc4Cl)C3)sc2c1. The summed E-state index contributed by atoms with van der Waals surface area (Å²) in [5, 5.41) is 4.48. The molecule has 1 atom stereocenters. The third-order valence-corrected chi connectivity index (χ3v) is 6.26. The minimum Gasteiger partial charge on any atom is -0.494 e. The van der Waals surface area contributed by atoms with Crippen molar-refractivity contribution in [3.05, 3.63) is 47.5 Å². The number of ether oxygens (including phenoxy) is 1. The van der Waals surface area contributed by atoms with Gasteiger partial charge >= 0.3 is 0 Å². The van der Waals surface area contributed by atoms with Gasteiger partial charge in [0.2, 0.25) is 5.91 Å². The van der Waals surface area contributed by atoms with Gasteiger partial charge in [-0.25, -0.2) is 4.98 Å². The van der Waals surface area contributed by atoms with Gasteiger partial charge in [0.15, 0.2) is 5.13 Å². The third kappa shape index (κ3) is 4.08. The molecule has 28 heavy (non-hydrogen) atoms. The van der Waals surface area contributed by atoms with E-state index in [0.717, 1.165) is 40.5 Å². The zero-order valence-electron chi connectivity index (χ0n) is 15.7. The van der Waals surface area contributed by atoms with E-state index in [0.29, 0.717) is 23.9 Å². The van der Waals surface area contributed by atoms with Crippen molar-refractivity contribution in [2.45, 2.75) is 19.8 Å². The van der Waals surface area contributed by atoms with Crippen LogP contribution < -0.4 is 15.0 Å². The van der Waals surface area contributed by atoms with E-state index in [2.05, 4.69) is 10.2 Å². The van der Waals surface area contributed by atoms with Crippen LogP contribution in [0.2, 0.25) is 5.02 Å². The number of hydrogen-bond donors (Lipinski definition) is 1. The highest BCUT2D eigenvalue weighted by Gasteiger charge is 2.28. The quantitative estimate of drug-likeness (QED) is 0.622. The number of hydrogen-bond acceptors (Lipinski definition) is 5. The summed E-state index contributed by atoms with van der Waals surface area (Å²) >= 11 is 7.81. The second-order valence-corrected chi connectivity index (χ2v) is 8.23. The molecule has 5 nitrogen and oxygen atoms in total. The number of piperidine rings is 1. The maximum atomic E-state index is 12.8. The highest BCUT2D eigenvalue weighted by atomic mass is 35.5. The first-order valence-electron chi connectivity index (χ1n) is 9.48. The number of aromatic nitrogens is 1. The second kappa shape index (κ2) is 8.37. The van der Waals surface area contributed by atoms with Gasteiger partial charge in [-0.1, -0.05) is 35.1 Å². The Morgan fingerprint density at radius 1 is 1.36 bits per heavy atom. The van der Waals surface area contributed by atoms with Crippen LogP contribution in [-0.4, -0.2) is 30.6 Å². The van der Waals surface area contributed by atoms with E-state index in [1.807, 2.05) is 43.3 Å². The van der Waals surface area contributed by atoms with Crippen molar-refractivity contribution in [3.63, 3.8) is 0 Å². The molecule has 1 aliphatic heterocycles. The van der Waals surface area contributed by atoms with E-state index >= 15 is 0 Å². The smallest absolute Gasteiger partial charge is 0.229 e. The molecule has 2 heterocycles. The number of benzene rings is 2. The first-order chi connectivity index (χ1) is 13.6. The molecule has 1 aliphatic rings. The van der Waals surface area contributed by atoms with E-state index in [1.54, 1.807) is 17.4 Å². The van der Waals surface area contributed by atoms with Crippen LogP contribution in [0.1, 0.15) is 19.8 Å². The zero-order chi connectivity index (χ0) is 19.5. The maximum Gasteiger partial charge on any atom is 0.229 e.